The molecule has 0 radical (unpaired) electrons. The molecule has 0 aliphatic carbocycles. The molecule has 1 unspecified atom stereocenters. The Labute approximate surface area is 140 Å². The highest BCUT2D eigenvalue weighted by atomic mass is 16.5. The molecule has 0 aliphatic rings. The number of amides is 1. The van der Waals surface area contributed by atoms with Crippen molar-refractivity contribution in [2.24, 2.45) is 5.92 Å². The molecule has 0 aliphatic heterocycles. The minimum atomic E-state index is -1.42. The summed E-state index contributed by atoms with van der Waals surface area (Å²) >= 11 is 0. The summed E-state index contributed by atoms with van der Waals surface area (Å²) in [5.41, 5.74) is 2.65. The van der Waals surface area contributed by atoms with E-state index in [0.29, 0.717) is 11.4 Å². The van der Waals surface area contributed by atoms with E-state index in [1.807, 2.05) is 19.9 Å². The molecule has 2 rings (SSSR count). The fraction of sp³-hybridized carbons (Fsp3) is 0.211. The van der Waals surface area contributed by atoms with Gasteiger partial charge in [-0.15, -0.1) is 0 Å². The Hall–Kier alpha value is -3.13. The first-order valence-corrected chi connectivity index (χ1v) is 7.42. The maximum absolute atomic E-state index is 12.5. The summed E-state index contributed by atoms with van der Waals surface area (Å²) in [7, 11) is 1.50. The lowest BCUT2D eigenvalue weighted by molar-refractivity contribution is -0.117. The van der Waals surface area contributed by atoms with E-state index in [4.69, 9.17) is 4.74 Å². The normalized spacial score (nSPS) is 11.2. The number of aryl methyl sites for hydroxylation is 2. The molecule has 122 valence electrons. The number of nitrogens with zero attached hydrogens (tertiary/aromatic N) is 1. The predicted octanol–water partition coefficient (Wildman–Crippen LogP) is 3.27. The van der Waals surface area contributed by atoms with E-state index in [-0.39, 0.29) is 5.56 Å². The molecule has 0 saturated carbocycles. The third kappa shape index (κ3) is 3.79. The van der Waals surface area contributed by atoms with Crippen LogP contribution in [0, 0.1) is 31.1 Å². The van der Waals surface area contributed by atoms with E-state index in [0.717, 1.165) is 11.1 Å². The van der Waals surface area contributed by atoms with Crippen LogP contribution < -0.4 is 10.1 Å². The quantitative estimate of drug-likeness (QED) is 0.677. The van der Waals surface area contributed by atoms with Gasteiger partial charge in [0.05, 0.1) is 13.2 Å². The number of carbonyl (C=O) groups is 2. The van der Waals surface area contributed by atoms with Crippen LogP contribution >= 0.6 is 0 Å². The SMILES string of the molecule is COc1cc(C(=O)C(C#N)C(=O)Nc2cccc(C)c2)ccc1C. The van der Waals surface area contributed by atoms with Crippen molar-refractivity contribution in [2.45, 2.75) is 13.8 Å². The van der Waals surface area contributed by atoms with Crippen molar-refractivity contribution in [3.05, 3.63) is 59.2 Å². The second-order valence-electron chi connectivity index (χ2n) is 5.47. The first kappa shape index (κ1) is 17.2. The van der Waals surface area contributed by atoms with E-state index in [9.17, 15) is 14.9 Å². The van der Waals surface area contributed by atoms with Crippen LogP contribution in [0.5, 0.6) is 5.75 Å². The number of carbonyl (C=O) groups excluding carboxylic acids is 2. The summed E-state index contributed by atoms with van der Waals surface area (Å²) < 4.78 is 5.18. The molecule has 0 aromatic heterocycles. The molecule has 2 aromatic rings. The van der Waals surface area contributed by atoms with Gasteiger partial charge < -0.3 is 10.1 Å². The van der Waals surface area contributed by atoms with Crippen LogP contribution in [0.25, 0.3) is 0 Å². The number of ether oxygens (including phenoxy) is 1. The molecule has 1 atom stereocenters. The third-order valence-corrected chi connectivity index (χ3v) is 3.63. The summed E-state index contributed by atoms with van der Waals surface area (Å²) in [5, 5.41) is 11.9. The zero-order valence-electron chi connectivity index (χ0n) is 13.8. The molecule has 0 saturated heterocycles. The lowest BCUT2D eigenvalue weighted by Crippen LogP contribution is -2.28. The maximum atomic E-state index is 12.5. The summed E-state index contributed by atoms with van der Waals surface area (Å²) in [6.45, 7) is 3.74. The third-order valence-electron chi connectivity index (χ3n) is 3.63. The molecule has 5 heteroatoms. The number of anilines is 1. The number of nitrogens with one attached hydrogen (secondary N) is 1. The number of methoxy groups -OCH3 is 1. The van der Waals surface area contributed by atoms with Gasteiger partial charge in [0.1, 0.15) is 5.75 Å². The second kappa shape index (κ2) is 7.42. The molecule has 0 bridgehead atoms. The lowest BCUT2D eigenvalue weighted by Gasteiger charge is -2.11. The molecule has 0 spiro atoms. The molecule has 5 nitrogen and oxygen atoms in total. The second-order valence-corrected chi connectivity index (χ2v) is 5.47. The highest BCUT2D eigenvalue weighted by molar-refractivity contribution is 6.15. The molecule has 1 amide bonds. The fourth-order valence-electron chi connectivity index (χ4n) is 2.31. The van der Waals surface area contributed by atoms with Crippen molar-refractivity contribution >= 4 is 17.4 Å². The molecule has 2 aromatic carbocycles. The number of hydrogen-bond acceptors (Lipinski definition) is 4. The Morgan fingerprint density at radius 3 is 2.54 bits per heavy atom. The largest absolute Gasteiger partial charge is 0.496 e. The van der Waals surface area contributed by atoms with Gasteiger partial charge >= 0.3 is 0 Å². The number of hydrogen-bond donors (Lipinski definition) is 1. The Morgan fingerprint density at radius 2 is 1.92 bits per heavy atom. The topological polar surface area (TPSA) is 79.2 Å². The van der Waals surface area contributed by atoms with Crippen molar-refractivity contribution in [2.75, 3.05) is 12.4 Å². The van der Waals surface area contributed by atoms with E-state index < -0.39 is 17.6 Å². The number of nitriles is 1. The Morgan fingerprint density at radius 1 is 1.17 bits per heavy atom. The fourth-order valence-corrected chi connectivity index (χ4v) is 2.31. The minimum Gasteiger partial charge on any atom is -0.496 e. The van der Waals surface area contributed by atoms with Gasteiger partial charge in [0, 0.05) is 11.3 Å². The van der Waals surface area contributed by atoms with E-state index in [1.165, 1.54) is 7.11 Å². The molecule has 0 heterocycles. The summed E-state index contributed by atoms with van der Waals surface area (Å²) in [4.78, 5) is 24.8. The van der Waals surface area contributed by atoms with Crippen LogP contribution in [0.15, 0.2) is 42.5 Å². The van der Waals surface area contributed by atoms with Gasteiger partial charge in [-0.3, -0.25) is 9.59 Å². The number of ketones is 1. The molecular weight excluding hydrogens is 304 g/mol. The van der Waals surface area contributed by atoms with E-state index in [2.05, 4.69) is 5.32 Å². The first-order valence-electron chi connectivity index (χ1n) is 7.42. The Bertz CT molecular complexity index is 822. The monoisotopic (exact) mass is 322 g/mol. The van der Waals surface area contributed by atoms with Crippen LogP contribution in [0.1, 0.15) is 21.5 Å². The first-order chi connectivity index (χ1) is 11.5. The predicted molar refractivity (Wildman–Crippen MR) is 91.0 cm³/mol. The van der Waals surface area contributed by atoms with Gasteiger partial charge in [0.15, 0.2) is 11.7 Å². The molecule has 1 N–H and O–H groups in total. The van der Waals surface area contributed by atoms with Gasteiger partial charge in [-0.25, -0.2) is 0 Å². The smallest absolute Gasteiger partial charge is 0.249 e. The highest BCUT2D eigenvalue weighted by Crippen LogP contribution is 2.21. The van der Waals surface area contributed by atoms with Crippen molar-refractivity contribution in [3.63, 3.8) is 0 Å². The number of rotatable bonds is 5. The number of Topliss-reactive ketones (excluding diaryl/α,β-unsaturated/α-hetero) is 1. The van der Waals surface area contributed by atoms with E-state index in [1.54, 1.807) is 42.5 Å². The van der Waals surface area contributed by atoms with Crippen LogP contribution in [0.2, 0.25) is 0 Å². The Kier molecular flexibility index (Phi) is 5.33. The standard InChI is InChI=1S/C19H18N2O3/c1-12-5-4-6-15(9-12)21-19(23)16(11-20)18(22)14-8-7-13(2)17(10-14)24-3/h4-10,16H,1-3H3,(H,21,23). The minimum absolute atomic E-state index is 0.267. The van der Waals surface area contributed by atoms with Crippen molar-refractivity contribution < 1.29 is 14.3 Å². The molecular formula is C19H18N2O3. The van der Waals surface area contributed by atoms with Crippen molar-refractivity contribution in [1.82, 2.24) is 0 Å². The van der Waals surface area contributed by atoms with Crippen LogP contribution in [-0.4, -0.2) is 18.8 Å². The Balaban J connectivity index is 2.22. The van der Waals surface area contributed by atoms with Crippen LogP contribution in [0.3, 0.4) is 0 Å². The molecule has 24 heavy (non-hydrogen) atoms. The van der Waals surface area contributed by atoms with Gasteiger partial charge in [-0.1, -0.05) is 24.3 Å². The maximum Gasteiger partial charge on any atom is 0.249 e. The summed E-state index contributed by atoms with van der Waals surface area (Å²) in [6.07, 6.45) is 0. The van der Waals surface area contributed by atoms with E-state index >= 15 is 0 Å². The highest BCUT2D eigenvalue weighted by Gasteiger charge is 2.28. The van der Waals surface area contributed by atoms with Crippen LogP contribution in [-0.2, 0) is 4.79 Å². The van der Waals surface area contributed by atoms with Gasteiger partial charge in [-0.05, 0) is 43.2 Å². The average Bonchev–Trinajstić information content (AvgIpc) is 2.55. The summed E-state index contributed by atoms with van der Waals surface area (Å²) in [6, 6.07) is 13.8. The molecule has 0 fully saturated rings. The van der Waals surface area contributed by atoms with Gasteiger partial charge in [0.2, 0.25) is 5.91 Å². The number of benzene rings is 2. The lowest BCUT2D eigenvalue weighted by atomic mass is 9.96. The van der Waals surface area contributed by atoms with Crippen molar-refractivity contribution in [3.8, 4) is 11.8 Å². The van der Waals surface area contributed by atoms with Gasteiger partial charge in [0.25, 0.3) is 0 Å². The average molecular weight is 322 g/mol. The van der Waals surface area contributed by atoms with Crippen LogP contribution in [0.4, 0.5) is 5.69 Å². The van der Waals surface area contributed by atoms with Gasteiger partial charge in [-0.2, -0.15) is 5.26 Å². The summed E-state index contributed by atoms with van der Waals surface area (Å²) in [5.74, 6) is -2.08. The zero-order valence-corrected chi connectivity index (χ0v) is 13.8. The van der Waals surface area contributed by atoms with Crippen molar-refractivity contribution in [1.29, 1.82) is 5.26 Å². The zero-order chi connectivity index (χ0) is 17.7.